The van der Waals surface area contributed by atoms with Crippen LogP contribution in [-0.2, 0) is 6.54 Å². The predicted molar refractivity (Wildman–Crippen MR) is 72.8 cm³/mol. The van der Waals surface area contributed by atoms with E-state index in [0.717, 1.165) is 25.3 Å². The smallest absolute Gasteiger partial charge is 0.161 e. The lowest BCUT2D eigenvalue weighted by atomic mass is 9.95. The molecule has 0 amide bonds. The highest BCUT2D eigenvalue weighted by Crippen LogP contribution is 2.55. The van der Waals surface area contributed by atoms with Crippen LogP contribution in [0.3, 0.4) is 0 Å². The lowest BCUT2D eigenvalue weighted by Gasteiger charge is -2.26. The summed E-state index contributed by atoms with van der Waals surface area (Å²) in [6.45, 7) is 8.61. The first-order valence-corrected chi connectivity index (χ1v) is 6.99. The zero-order valence-corrected chi connectivity index (χ0v) is 12.0. The van der Waals surface area contributed by atoms with Gasteiger partial charge in [-0.25, -0.2) is 0 Å². The third kappa shape index (κ3) is 2.39. The summed E-state index contributed by atoms with van der Waals surface area (Å²) in [7, 11) is 1.73. The number of aromatic nitrogens is 2. The minimum atomic E-state index is 0.356. The van der Waals surface area contributed by atoms with E-state index < -0.39 is 0 Å². The summed E-state index contributed by atoms with van der Waals surface area (Å²) in [5, 5.41) is 8.11. The van der Waals surface area contributed by atoms with Gasteiger partial charge >= 0.3 is 0 Å². The van der Waals surface area contributed by atoms with Gasteiger partial charge in [0, 0.05) is 6.54 Å². The molecule has 0 spiro atoms. The van der Waals surface area contributed by atoms with Gasteiger partial charge in [-0.1, -0.05) is 13.8 Å². The molecule has 18 heavy (non-hydrogen) atoms. The molecule has 102 valence electrons. The van der Waals surface area contributed by atoms with Crippen molar-refractivity contribution in [2.75, 3.05) is 13.7 Å². The molecule has 4 heteroatoms. The summed E-state index contributed by atoms with van der Waals surface area (Å²) >= 11 is 0. The first kappa shape index (κ1) is 13.4. The summed E-state index contributed by atoms with van der Waals surface area (Å²) in [6.07, 6.45) is 5.55. The van der Waals surface area contributed by atoms with Crippen LogP contribution in [0.5, 0.6) is 5.75 Å². The number of aryl methyl sites for hydroxylation is 1. The maximum atomic E-state index is 5.49. The quantitative estimate of drug-likeness (QED) is 0.810. The zero-order valence-electron chi connectivity index (χ0n) is 12.0. The number of hydrogen-bond acceptors (Lipinski definition) is 3. The van der Waals surface area contributed by atoms with Crippen molar-refractivity contribution in [3.8, 4) is 5.75 Å². The fourth-order valence-corrected chi connectivity index (χ4v) is 2.53. The molecule has 0 aliphatic heterocycles. The molecule has 1 aliphatic carbocycles. The molecule has 0 radical (unpaired) electrons. The van der Waals surface area contributed by atoms with Crippen LogP contribution in [0.4, 0.5) is 0 Å². The minimum absolute atomic E-state index is 0.356. The first-order valence-electron chi connectivity index (χ1n) is 6.99. The predicted octanol–water partition coefficient (Wildman–Crippen LogP) is 2.75. The summed E-state index contributed by atoms with van der Waals surface area (Å²) < 4.78 is 7.55. The van der Waals surface area contributed by atoms with Gasteiger partial charge in [0.25, 0.3) is 0 Å². The van der Waals surface area contributed by atoms with Gasteiger partial charge in [0.2, 0.25) is 0 Å². The highest BCUT2D eigenvalue weighted by Gasteiger charge is 2.47. The molecule has 1 N–H and O–H groups in total. The molecule has 1 saturated carbocycles. The van der Waals surface area contributed by atoms with Gasteiger partial charge in [-0.05, 0) is 38.1 Å². The van der Waals surface area contributed by atoms with Crippen molar-refractivity contribution >= 4 is 0 Å². The van der Waals surface area contributed by atoms with Crippen molar-refractivity contribution in [2.45, 2.75) is 52.6 Å². The SMILES string of the molecule is CCCNC(c1c(OC)cnn1CC)C1(C)CC1. The van der Waals surface area contributed by atoms with E-state index in [2.05, 4.69) is 35.9 Å². The van der Waals surface area contributed by atoms with Crippen molar-refractivity contribution in [2.24, 2.45) is 5.41 Å². The number of nitrogens with zero attached hydrogens (tertiary/aromatic N) is 2. The van der Waals surface area contributed by atoms with Crippen molar-refractivity contribution in [3.05, 3.63) is 11.9 Å². The van der Waals surface area contributed by atoms with Gasteiger partial charge in [0.15, 0.2) is 5.75 Å². The standard InChI is InChI=1S/C14H25N3O/c1-5-9-15-13(14(3)7-8-14)12-11(18-4)10-16-17(12)6-2/h10,13,15H,5-9H2,1-4H3. The van der Waals surface area contributed by atoms with Gasteiger partial charge in [-0.2, -0.15) is 5.10 Å². The van der Waals surface area contributed by atoms with E-state index in [1.807, 2.05) is 6.20 Å². The Bertz CT molecular complexity index is 374. The summed E-state index contributed by atoms with van der Waals surface area (Å²) in [4.78, 5) is 0. The second-order valence-electron chi connectivity index (χ2n) is 5.46. The van der Waals surface area contributed by atoms with E-state index in [1.54, 1.807) is 7.11 Å². The molecular weight excluding hydrogens is 226 g/mol. The highest BCUT2D eigenvalue weighted by atomic mass is 16.5. The van der Waals surface area contributed by atoms with Crippen LogP contribution >= 0.6 is 0 Å². The highest BCUT2D eigenvalue weighted by molar-refractivity contribution is 5.31. The largest absolute Gasteiger partial charge is 0.493 e. The van der Waals surface area contributed by atoms with Crippen molar-refractivity contribution in [3.63, 3.8) is 0 Å². The Balaban J connectivity index is 2.31. The molecule has 1 aromatic rings. The molecule has 0 saturated heterocycles. The van der Waals surface area contributed by atoms with Crippen LogP contribution in [0.25, 0.3) is 0 Å². The van der Waals surface area contributed by atoms with Crippen LogP contribution in [-0.4, -0.2) is 23.4 Å². The van der Waals surface area contributed by atoms with Crippen LogP contribution < -0.4 is 10.1 Å². The fourth-order valence-electron chi connectivity index (χ4n) is 2.53. The van der Waals surface area contributed by atoms with Gasteiger partial charge in [-0.3, -0.25) is 4.68 Å². The monoisotopic (exact) mass is 251 g/mol. The molecule has 1 fully saturated rings. The van der Waals surface area contributed by atoms with Gasteiger partial charge in [0.1, 0.15) is 0 Å². The lowest BCUT2D eigenvalue weighted by molar-refractivity contribution is 0.324. The summed E-state index contributed by atoms with van der Waals surface area (Å²) in [5.74, 6) is 0.915. The van der Waals surface area contributed by atoms with E-state index in [-0.39, 0.29) is 0 Å². The van der Waals surface area contributed by atoms with E-state index >= 15 is 0 Å². The van der Waals surface area contributed by atoms with Crippen molar-refractivity contribution in [1.29, 1.82) is 0 Å². The molecular formula is C14H25N3O. The first-order chi connectivity index (χ1) is 8.66. The third-order valence-electron chi connectivity index (χ3n) is 3.97. The molecule has 1 atom stereocenters. The molecule has 1 heterocycles. The number of rotatable bonds is 7. The molecule has 1 unspecified atom stereocenters. The van der Waals surface area contributed by atoms with Crippen LogP contribution in [0.15, 0.2) is 6.20 Å². The summed E-state index contributed by atoms with van der Waals surface area (Å²) in [5.41, 5.74) is 1.59. The maximum absolute atomic E-state index is 5.49. The second kappa shape index (κ2) is 5.31. The molecule has 1 aromatic heterocycles. The van der Waals surface area contributed by atoms with E-state index in [1.165, 1.54) is 18.5 Å². The zero-order chi connectivity index (χ0) is 13.2. The fraction of sp³-hybridized carbons (Fsp3) is 0.786. The average molecular weight is 251 g/mol. The number of methoxy groups -OCH3 is 1. The Hall–Kier alpha value is -1.03. The normalized spacial score (nSPS) is 18.7. The van der Waals surface area contributed by atoms with E-state index in [0.29, 0.717) is 11.5 Å². The van der Waals surface area contributed by atoms with Crippen molar-refractivity contribution in [1.82, 2.24) is 15.1 Å². The Kier molecular flexibility index (Phi) is 3.95. The number of ether oxygens (including phenoxy) is 1. The van der Waals surface area contributed by atoms with Crippen LogP contribution in [0, 0.1) is 5.41 Å². The van der Waals surface area contributed by atoms with Crippen LogP contribution in [0.2, 0.25) is 0 Å². The van der Waals surface area contributed by atoms with Gasteiger partial charge in [-0.15, -0.1) is 0 Å². The third-order valence-corrected chi connectivity index (χ3v) is 3.97. The minimum Gasteiger partial charge on any atom is -0.493 e. The van der Waals surface area contributed by atoms with Gasteiger partial charge in [0.05, 0.1) is 25.0 Å². The Labute approximate surface area is 110 Å². The van der Waals surface area contributed by atoms with Gasteiger partial charge < -0.3 is 10.1 Å². The Morgan fingerprint density at radius 3 is 2.72 bits per heavy atom. The van der Waals surface area contributed by atoms with E-state index in [4.69, 9.17) is 4.74 Å². The maximum Gasteiger partial charge on any atom is 0.161 e. The van der Waals surface area contributed by atoms with Crippen LogP contribution in [0.1, 0.15) is 51.8 Å². The van der Waals surface area contributed by atoms with Crippen molar-refractivity contribution < 1.29 is 4.74 Å². The molecule has 1 aliphatic rings. The molecule has 0 aromatic carbocycles. The topological polar surface area (TPSA) is 39.1 Å². The van der Waals surface area contributed by atoms with E-state index in [9.17, 15) is 0 Å². The molecule has 2 rings (SSSR count). The lowest BCUT2D eigenvalue weighted by Crippen LogP contribution is -2.31. The Morgan fingerprint density at radius 2 is 2.22 bits per heavy atom. The number of nitrogens with one attached hydrogen (secondary N) is 1. The average Bonchev–Trinajstić information content (AvgIpc) is 2.99. The molecule has 0 bridgehead atoms. The Morgan fingerprint density at radius 1 is 1.50 bits per heavy atom. The summed E-state index contributed by atoms with van der Waals surface area (Å²) in [6, 6.07) is 0.356. The number of hydrogen-bond donors (Lipinski definition) is 1. The second-order valence-corrected chi connectivity index (χ2v) is 5.46. The molecule has 4 nitrogen and oxygen atoms in total.